The van der Waals surface area contributed by atoms with E-state index in [0.717, 1.165) is 28.7 Å². The van der Waals surface area contributed by atoms with E-state index < -0.39 is 11.8 Å². The fourth-order valence-electron chi connectivity index (χ4n) is 2.69. The molecule has 0 unspecified atom stereocenters. The normalized spacial score (nSPS) is 15.1. The van der Waals surface area contributed by atoms with E-state index in [1.165, 1.54) is 24.2 Å². The van der Waals surface area contributed by atoms with Crippen LogP contribution in [0.15, 0.2) is 24.3 Å². The minimum Gasteiger partial charge on any atom is -0.490 e. The number of hydrogen-bond acceptors (Lipinski definition) is 5. The number of thiophene rings is 1. The molecule has 1 aromatic heterocycles. The Morgan fingerprint density at radius 2 is 2.00 bits per heavy atom. The summed E-state index contributed by atoms with van der Waals surface area (Å²) in [6.45, 7) is 1.89. The number of hydrogen-bond donors (Lipinski definition) is 0. The Balaban J connectivity index is 1.80. The lowest BCUT2D eigenvalue weighted by Crippen LogP contribution is -2.16. The van der Waals surface area contributed by atoms with Crippen LogP contribution >= 0.6 is 11.3 Å². The summed E-state index contributed by atoms with van der Waals surface area (Å²) in [5, 5.41) is 0.941. The monoisotopic (exact) mass is 318 g/mol. The Morgan fingerprint density at radius 3 is 2.73 bits per heavy atom. The first-order valence-electron chi connectivity index (χ1n) is 7.59. The molecule has 1 aliphatic rings. The number of ether oxygens (including phenoxy) is 2. The lowest BCUT2D eigenvalue weighted by atomic mass is 10.2. The van der Waals surface area contributed by atoms with Crippen LogP contribution in [-0.4, -0.2) is 24.5 Å². The molecule has 1 aliphatic carbocycles. The predicted octanol–water partition coefficient (Wildman–Crippen LogP) is 3.97. The Hall–Kier alpha value is -1.88. The fourth-order valence-corrected chi connectivity index (χ4v) is 3.71. The summed E-state index contributed by atoms with van der Waals surface area (Å²) in [6, 6.07) is 7.53. The number of carbonyl (C=O) groups is 2. The number of benzene rings is 1. The highest BCUT2D eigenvalue weighted by Crippen LogP contribution is 2.31. The smallest absolute Gasteiger partial charge is 0.380 e. The molecule has 0 spiro atoms. The van der Waals surface area contributed by atoms with Crippen molar-refractivity contribution >= 4 is 33.2 Å². The third-order valence-electron chi connectivity index (χ3n) is 3.78. The van der Waals surface area contributed by atoms with E-state index in [4.69, 9.17) is 9.47 Å². The van der Waals surface area contributed by atoms with Crippen LogP contribution in [0, 0.1) is 0 Å². The lowest BCUT2D eigenvalue weighted by molar-refractivity contribution is -0.137. The van der Waals surface area contributed by atoms with Gasteiger partial charge in [-0.05, 0) is 62.3 Å². The zero-order valence-corrected chi connectivity index (χ0v) is 13.3. The first-order chi connectivity index (χ1) is 10.7. The second kappa shape index (κ2) is 6.48. The van der Waals surface area contributed by atoms with Crippen molar-refractivity contribution in [3.8, 4) is 5.75 Å². The van der Waals surface area contributed by atoms with E-state index in [2.05, 4.69) is 0 Å². The predicted molar refractivity (Wildman–Crippen MR) is 85.7 cm³/mol. The molecule has 0 amide bonds. The van der Waals surface area contributed by atoms with Crippen molar-refractivity contribution in [3.05, 3.63) is 29.1 Å². The van der Waals surface area contributed by atoms with Gasteiger partial charge in [-0.2, -0.15) is 0 Å². The topological polar surface area (TPSA) is 52.6 Å². The molecule has 5 heteroatoms. The fraction of sp³-hybridized carbons (Fsp3) is 0.412. The van der Waals surface area contributed by atoms with Crippen molar-refractivity contribution in [2.75, 3.05) is 6.61 Å². The molecule has 1 saturated carbocycles. The zero-order valence-electron chi connectivity index (χ0n) is 12.5. The van der Waals surface area contributed by atoms with Crippen molar-refractivity contribution in [1.82, 2.24) is 0 Å². The van der Waals surface area contributed by atoms with Crippen LogP contribution in [0.4, 0.5) is 0 Å². The summed E-state index contributed by atoms with van der Waals surface area (Å²) >= 11 is 1.30. The molecule has 0 saturated heterocycles. The van der Waals surface area contributed by atoms with E-state index in [-0.39, 0.29) is 6.61 Å². The van der Waals surface area contributed by atoms with E-state index >= 15 is 0 Å². The number of rotatable bonds is 5. The van der Waals surface area contributed by atoms with Crippen LogP contribution in [0.1, 0.15) is 42.3 Å². The highest BCUT2D eigenvalue weighted by molar-refractivity contribution is 7.21. The molecule has 116 valence electrons. The van der Waals surface area contributed by atoms with Gasteiger partial charge in [0.15, 0.2) is 0 Å². The van der Waals surface area contributed by atoms with Gasteiger partial charge in [0, 0.05) is 4.70 Å². The maximum Gasteiger partial charge on any atom is 0.380 e. The molecule has 1 fully saturated rings. The van der Waals surface area contributed by atoms with Crippen molar-refractivity contribution in [3.63, 3.8) is 0 Å². The molecule has 1 aromatic carbocycles. The first kappa shape index (κ1) is 15.0. The number of carbonyl (C=O) groups excluding carboxylic acids is 2. The first-order valence-corrected chi connectivity index (χ1v) is 8.40. The van der Waals surface area contributed by atoms with Crippen LogP contribution in [0.25, 0.3) is 10.1 Å². The summed E-state index contributed by atoms with van der Waals surface area (Å²) < 4.78 is 11.7. The third kappa shape index (κ3) is 3.14. The van der Waals surface area contributed by atoms with Gasteiger partial charge in [0.1, 0.15) is 5.75 Å². The number of esters is 1. The average Bonchev–Trinajstić information content (AvgIpc) is 3.15. The molecule has 3 rings (SSSR count). The second-order valence-corrected chi connectivity index (χ2v) is 6.47. The summed E-state index contributed by atoms with van der Waals surface area (Å²) in [4.78, 5) is 23.9. The van der Waals surface area contributed by atoms with Crippen molar-refractivity contribution in [2.45, 2.75) is 38.7 Å². The average molecular weight is 318 g/mol. The molecule has 0 bridgehead atoms. The number of fused-ring (bicyclic) bond motifs is 1. The van der Waals surface area contributed by atoms with Gasteiger partial charge >= 0.3 is 5.97 Å². The summed E-state index contributed by atoms with van der Waals surface area (Å²) in [7, 11) is 0. The maximum absolute atomic E-state index is 12.0. The largest absolute Gasteiger partial charge is 0.490 e. The van der Waals surface area contributed by atoms with Crippen molar-refractivity contribution in [2.24, 2.45) is 0 Å². The van der Waals surface area contributed by atoms with Gasteiger partial charge in [0.25, 0.3) is 5.78 Å². The number of Topliss-reactive ketones (excluding diaryl/α,β-unsaturated/α-hetero) is 1. The Kier molecular flexibility index (Phi) is 4.43. The van der Waals surface area contributed by atoms with Crippen LogP contribution in [0.3, 0.4) is 0 Å². The highest BCUT2D eigenvalue weighted by atomic mass is 32.1. The summed E-state index contributed by atoms with van der Waals surface area (Å²) in [5.74, 6) is -0.547. The molecule has 0 aliphatic heterocycles. The van der Waals surface area contributed by atoms with E-state index in [0.29, 0.717) is 11.0 Å². The summed E-state index contributed by atoms with van der Waals surface area (Å²) in [5.41, 5.74) is 0. The Labute approximate surface area is 133 Å². The van der Waals surface area contributed by atoms with Crippen LogP contribution in [0.5, 0.6) is 5.75 Å². The Morgan fingerprint density at radius 1 is 1.23 bits per heavy atom. The second-order valence-electron chi connectivity index (χ2n) is 5.38. The van der Waals surface area contributed by atoms with Gasteiger partial charge in [-0.25, -0.2) is 4.79 Å². The quantitative estimate of drug-likeness (QED) is 0.475. The molecule has 4 nitrogen and oxygen atoms in total. The van der Waals surface area contributed by atoms with Gasteiger partial charge in [-0.1, -0.05) is 0 Å². The summed E-state index contributed by atoms with van der Waals surface area (Å²) in [6.07, 6.45) is 4.97. The van der Waals surface area contributed by atoms with Gasteiger partial charge in [-0.3, -0.25) is 4.79 Å². The van der Waals surface area contributed by atoms with E-state index in [9.17, 15) is 9.59 Å². The van der Waals surface area contributed by atoms with Crippen molar-refractivity contribution in [1.29, 1.82) is 0 Å². The van der Waals surface area contributed by atoms with E-state index in [1.54, 1.807) is 13.0 Å². The minimum atomic E-state index is -0.795. The van der Waals surface area contributed by atoms with Crippen LogP contribution < -0.4 is 4.74 Å². The van der Waals surface area contributed by atoms with Crippen LogP contribution in [0.2, 0.25) is 0 Å². The SMILES string of the molecule is CCOC(=O)C(=O)c1cc2ccc(OC3CCCC3)cc2s1. The zero-order chi connectivity index (χ0) is 15.5. The maximum atomic E-state index is 12.0. The Bertz CT molecular complexity index is 698. The van der Waals surface area contributed by atoms with Crippen LogP contribution in [-0.2, 0) is 9.53 Å². The third-order valence-corrected chi connectivity index (χ3v) is 4.88. The van der Waals surface area contributed by atoms with Gasteiger partial charge in [0.2, 0.25) is 0 Å². The van der Waals surface area contributed by atoms with Gasteiger partial charge in [-0.15, -0.1) is 11.3 Å². The van der Waals surface area contributed by atoms with Gasteiger partial charge in [0.05, 0.1) is 17.6 Å². The van der Waals surface area contributed by atoms with Crippen molar-refractivity contribution < 1.29 is 19.1 Å². The molecule has 22 heavy (non-hydrogen) atoms. The molecule has 2 aromatic rings. The molecular weight excluding hydrogens is 300 g/mol. The molecule has 0 N–H and O–H groups in total. The standard InChI is InChI=1S/C17H18O4S/c1-2-20-17(19)16(18)15-9-11-7-8-13(10-14(11)22-15)21-12-5-3-4-6-12/h7-10,12H,2-6H2,1H3. The minimum absolute atomic E-state index is 0.203. The number of ketones is 1. The van der Waals surface area contributed by atoms with Gasteiger partial charge < -0.3 is 9.47 Å². The molecule has 0 radical (unpaired) electrons. The highest BCUT2D eigenvalue weighted by Gasteiger charge is 2.21. The lowest BCUT2D eigenvalue weighted by Gasteiger charge is -2.12. The molecule has 1 heterocycles. The molecule has 0 atom stereocenters. The molecular formula is C17H18O4S. The van der Waals surface area contributed by atoms with E-state index in [1.807, 2.05) is 18.2 Å².